The molecule has 2 heterocycles. The maximum Gasteiger partial charge on any atom is 0.286 e. The van der Waals surface area contributed by atoms with Crippen molar-refractivity contribution in [1.29, 1.82) is 0 Å². The normalized spacial score (nSPS) is 17.4. The number of thioether (sulfide) groups is 1. The molecule has 1 atom stereocenters. The van der Waals surface area contributed by atoms with E-state index in [0.29, 0.717) is 41.0 Å². The molecule has 0 spiro atoms. The molecule has 0 aromatic heterocycles. The van der Waals surface area contributed by atoms with Gasteiger partial charge in [0.25, 0.3) is 5.24 Å². The Morgan fingerprint density at radius 3 is 2.61 bits per heavy atom. The van der Waals surface area contributed by atoms with E-state index in [-0.39, 0.29) is 30.0 Å². The summed E-state index contributed by atoms with van der Waals surface area (Å²) in [7, 11) is 3.35. The molecule has 4 rings (SSSR count). The highest BCUT2D eigenvalue weighted by Crippen LogP contribution is 2.36. The SMILES string of the molecule is CN(C)C(=O)Sc1ccccc1NC(=O)C1CC(=O)N(c2ccc3c(c2)OCCO3)C1. The van der Waals surface area contributed by atoms with Crippen LogP contribution in [0, 0.1) is 5.92 Å². The van der Waals surface area contributed by atoms with Gasteiger partial charge in [-0.1, -0.05) is 12.1 Å². The molecular formula is C22H23N3O5S. The highest BCUT2D eigenvalue weighted by atomic mass is 32.2. The number of benzene rings is 2. The monoisotopic (exact) mass is 441 g/mol. The molecule has 9 heteroatoms. The molecule has 0 aliphatic carbocycles. The average Bonchev–Trinajstić information content (AvgIpc) is 3.16. The van der Waals surface area contributed by atoms with Crippen molar-refractivity contribution in [3.8, 4) is 11.5 Å². The molecule has 0 saturated carbocycles. The molecule has 1 N–H and O–H groups in total. The molecule has 1 saturated heterocycles. The predicted molar refractivity (Wildman–Crippen MR) is 118 cm³/mol. The van der Waals surface area contributed by atoms with Gasteiger partial charge >= 0.3 is 0 Å². The number of nitrogens with zero attached hydrogens (tertiary/aromatic N) is 2. The molecule has 3 amide bonds. The predicted octanol–water partition coefficient (Wildman–Crippen LogP) is 3.22. The van der Waals surface area contributed by atoms with Gasteiger partial charge in [-0.2, -0.15) is 0 Å². The summed E-state index contributed by atoms with van der Waals surface area (Å²) in [5.41, 5.74) is 1.23. The minimum Gasteiger partial charge on any atom is -0.486 e. The van der Waals surface area contributed by atoms with E-state index in [1.165, 1.54) is 4.90 Å². The van der Waals surface area contributed by atoms with E-state index in [2.05, 4.69) is 5.32 Å². The second-order valence-electron chi connectivity index (χ2n) is 7.48. The number of amides is 3. The van der Waals surface area contributed by atoms with Crippen LogP contribution in [0.5, 0.6) is 11.5 Å². The fourth-order valence-electron chi connectivity index (χ4n) is 3.41. The van der Waals surface area contributed by atoms with E-state index in [0.717, 1.165) is 11.8 Å². The summed E-state index contributed by atoms with van der Waals surface area (Å²) in [6, 6.07) is 12.5. The Hall–Kier alpha value is -3.20. The second kappa shape index (κ2) is 8.89. The van der Waals surface area contributed by atoms with Crippen molar-refractivity contribution in [1.82, 2.24) is 4.90 Å². The van der Waals surface area contributed by atoms with Crippen LogP contribution in [0.1, 0.15) is 6.42 Å². The average molecular weight is 442 g/mol. The van der Waals surface area contributed by atoms with Crippen molar-refractivity contribution < 1.29 is 23.9 Å². The zero-order valence-electron chi connectivity index (χ0n) is 17.3. The van der Waals surface area contributed by atoms with Gasteiger partial charge in [-0.3, -0.25) is 14.4 Å². The van der Waals surface area contributed by atoms with Gasteiger partial charge in [-0.25, -0.2) is 0 Å². The molecule has 31 heavy (non-hydrogen) atoms. The summed E-state index contributed by atoms with van der Waals surface area (Å²) in [4.78, 5) is 41.3. The van der Waals surface area contributed by atoms with Crippen molar-refractivity contribution in [2.75, 3.05) is 44.1 Å². The van der Waals surface area contributed by atoms with Crippen molar-refractivity contribution in [2.24, 2.45) is 5.92 Å². The van der Waals surface area contributed by atoms with Crippen LogP contribution in [-0.4, -0.2) is 55.8 Å². The summed E-state index contributed by atoms with van der Waals surface area (Å²) in [5.74, 6) is 0.377. The van der Waals surface area contributed by atoms with E-state index in [4.69, 9.17) is 9.47 Å². The highest BCUT2D eigenvalue weighted by molar-refractivity contribution is 8.13. The molecule has 162 valence electrons. The fourth-order valence-corrected chi connectivity index (χ4v) is 4.16. The van der Waals surface area contributed by atoms with E-state index >= 15 is 0 Å². The topological polar surface area (TPSA) is 88.2 Å². The largest absolute Gasteiger partial charge is 0.486 e. The number of ether oxygens (including phenoxy) is 2. The summed E-state index contributed by atoms with van der Waals surface area (Å²) in [5, 5.41) is 2.75. The molecular weight excluding hydrogens is 418 g/mol. The third kappa shape index (κ3) is 4.61. The molecule has 8 nitrogen and oxygen atoms in total. The molecule has 1 unspecified atom stereocenters. The number of hydrogen-bond acceptors (Lipinski definition) is 6. The van der Waals surface area contributed by atoms with Gasteiger partial charge in [0.2, 0.25) is 11.8 Å². The summed E-state index contributed by atoms with van der Waals surface area (Å²) < 4.78 is 11.1. The number of nitrogens with one attached hydrogen (secondary N) is 1. The van der Waals surface area contributed by atoms with Crippen LogP contribution >= 0.6 is 11.8 Å². The van der Waals surface area contributed by atoms with E-state index in [1.54, 1.807) is 55.4 Å². The van der Waals surface area contributed by atoms with E-state index in [9.17, 15) is 14.4 Å². The summed E-state index contributed by atoms with van der Waals surface area (Å²) in [6.07, 6.45) is 0.117. The Balaban J connectivity index is 1.45. The van der Waals surface area contributed by atoms with Gasteiger partial charge in [-0.05, 0) is 36.0 Å². The van der Waals surface area contributed by atoms with Crippen LogP contribution < -0.4 is 19.7 Å². The van der Waals surface area contributed by atoms with Crippen LogP contribution in [0.2, 0.25) is 0 Å². The Bertz CT molecular complexity index is 1030. The zero-order valence-corrected chi connectivity index (χ0v) is 18.1. The van der Waals surface area contributed by atoms with Gasteiger partial charge in [0.1, 0.15) is 13.2 Å². The highest BCUT2D eigenvalue weighted by Gasteiger charge is 2.36. The van der Waals surface area contributed by atoms with Gasteiger partial charge in [0, 0.05) is 43.7 Å². The number of rotatable bonds is 4. The van der Waals surface area contributed by atoms with Crippen LogP contribution in [0.15, 0.2) is 47.4 Å². The third-order valence-electron chi connectivity index (χ3n) is 5.04. The first-order chi connectivity index (χ1) is 14.9. The first-order valence-corrected chi connectivity index (χ1v) is 10.7. The lowest BCUT2D eigenvalue weighted by Crippen LogP contribution is -2.28. The molecule has 2 aromatic carbocycles. The number of hydrogen-bond donors (Lipinski definition) is 1. The molecule has 2 aliphatic rings. The lowest BCUT2D eigenvalue weighted by atomic mass is 10.1. The molecule has 1 fully saturated rings. The Morgan fingerprint density at radius 2 is 1.84 bits per heavy atom. The minimum atomic E-state index is -0.497. The molecule has 0 radical (unpaired) electrons. The Kier molecular flexibility index (Phi) is 6.03. The quantitative estimate of drug-likeness (QED) is 0.733. The number of carbonyl (C=O) groups excluding carboxylic acids is 3. The summed E-state index contributed by atoms with van der Waals surface area (Å²) in [6.45, 7) is 1.23. The number of carbonyl (C=O) groups is 3. The van der Waals surface area contributed by atoms with Gasteiger partial charge in [0.15, 0.2) is 11.5 Å². The van der Waals surface area contributed by atoms with Gasteiger partial charge in [0.05, 0.1) is 11.6 Å². The lowest BCUT2D eigenvalue weighted by Gasteiger charge is -2.22. The number of anilines is 2. The standard InChI is InChI=1S/C22H23N3O5S/c1-24(2)22(28)31-19-6-4-3-5-16(19)23-21(27)14-11-20(26)25(13-14)15-7-8-17-18(12-15)30-10-9-29-17/h3-8,12,14H,9-11,13H2,1-2H3,(H,23,27). The van der Waals surface area contributed by atoms with Crippen LogP contribution in [0.25, 0.3) is 0 Å². The van der Waals surface area contributed by atoms with Gasteiger partial charge < -0.3 is 24.6 Å². The maximum atomic E-state index is 12.9. The van der Waals surface area contributed by atoms with E-state index < -0.39 is 5.92 Å². The third-order valence-corrected chi connectivity index (χ3v) is 6.16. The van der Waals surface area contributed by atoms with Crippen molar-refractivity contribution in [2.45, 2.75) is 11.3 Å². The molecule has 2 aliphatic heterocycles. The number of fused-ring (bicyclic) bond motifs is 1. The number of para-hydroxylation sites is 1. The Labute approximate surface area is 184 Å². The van der Waals surface area contributed by atoms with Crippen LogP contribution in [0.4, 0.5) is 16.2 Å². The Morgan fingerprint density at radius 1 is 1.10 bits per heavy atom. The van der Waals surface area contributed by atoms with Crippen molar-refractivity contribution in [3.05, 3.63) is 42.5 Å². The minimum absolute atomic E-state index is 0.117. The van der Waals surface area contributed by atoms with Crippen molar-refractivity contribution >= 4 is 40.2 Å². The first-order valence-electron chi connectivity index (χ1n) is 9.91. The van der Waals surface area contributed by atoms with Crippen LogP contribution in [0.3, 0.4) is 0 Å². The van der Waals surface area contributed by atoms with Gasteiger partial charge in [-0.15, -0.1) is 0 Å². The second-order valence-corrected chi connectivity index (χ2v) is 8.47. The first kappa shape index (κ1) is 21.0. The zero-order chi connectivity index (χ0) is 22.0. The smallest absolute Gasteiger partial charge is 0.286 e. The maximum absolute atomic E-state index is 12.9. The molecule has 2 aromatic rings. The fraction of sp³-hybridized carbons (Fsp3) is 0.318. The summed E-state index contributed by atoms with van der Waals surface area (Å²) >= 11 is 1.04. The van der Waals surface area contributed by atoms with Crippen LogP contribution in [-0.2, 0) is 9.59 Å². The molecule has 0 bridgehead atoms. The van der Waals surface area contributed by atoms with E-state index in [1.807, 2.05) is 6.07 Å². The van der Waals surface area contributed by atoms with Crippen molar-refractivity contribution in [3.63, 3.8) is 0 Å². The lowest BCUT2D eigenvalue weighted by molar-refractivity contribution is -0.122.